The maximum absolute atomic E-state index is 12.6. The van der Waals surface area contributed by atoms with Crippen LogP contribution in [0.4, 0.5) is 5.69 Å². The molecule has 0 atom stereocenters. The van der Waals surface area contributed by atoms with Gasteiger partial charge in [0.05, 0.1) is 0 Å². The normalized spacial score (nSPS) is 18.3. The summed E-state index contributed by atoms with van der Waals surface area (Å²) in [4.78, 5) is 39.9. The molecule has 3 rings (SSSR count). The quantitative estimate of drug-likeness (QED) is 0.813. The zero-order chi connectivity index (χ0) is 19.9. The third kappa shape index (κ3) is 5.44. The molecule has 1 aromatic rings. The van der Waals surface area contributed by atoms with E-state index in [1.165, 1.54) is 13.3 Å². The van der Waals surface area contributed by atoms with E-state index < -0.39 is 0 Å². The first-order chi connectivity index (χ1) is 13.5. The van der Waals surface area contributed by atoms with Crippen molar-refractivity contribution in [3.8, 4) is 0 Å². The van der Waals surface area contributed by atoms with E-state index in [9.17, 15) is 14.4 Å². The lowest BCUT2D eigenvalue weighted by atomic mass is 9.94. The standard InChI is InChI=1S/C22H29N3O3/c1-17(26)23-20-8-5-18(6-9-20)7-10-21(27)24-15-11-19(12-16-24)22(28)25-13-3-2-4-14-25/h5-10,19H,2-4,11-16H2,1H3,(H,23,26)/b10-7+. The molecule has 0 unspecified atom stereocenters. The summed E-state index contributed by atoms with van der Waals surface area (Å²) < 4.78 is 0. The zero-order valence-electron chi connectivity index (χ0n) is 16.5. The van der Waals surface area contributed by atoms with Gasteiger partial charge in [0.15, 0.2) is 0 Å². The van der Waals surface area contributed by atoms with Gasteiger partial charge in [-0.2, -0.15) is 0 Å². The van der Waals surface area contributed by atoms with Crippen LogP contribution in [0.5, 0.6) is 0 Å². The molecule has 0 bridgehead atoms. The molecular weight excluding hydrogens is 354 g/mol. The first kappa shape index (κ1) is 20.1. The molecule has 0 spiro atoms. The van der Waals surface area contributed by atoms with Crippen molar-refractivity contribution >= 4 is 29.5 Å². The number of anilines is 1. The fraction of sp³-hybridized carbons (Fsp3) is 0.500. The maximum atomic E-state index is 12.6. The molecule has 2 aliphatic heterocycles. The van der Waals surface area contributed by atoms with Crippen molar-refractivity contribution in [2.75, 3.05) is 31.5 Å². The number of benzene rings is 1. The zero-order valence-corrected chi connectivity index (χ0v) is 16.5. The molecular formula is C22H29N3O3. The van der Waals surface area contributed by atoms with Crippen LogP contribution in [0.1, 0.15) is 44.6 Å². The predicted molar refractivity (Wildman–Crippen MR) is 110 cm³/mol. The van der Waals surface area contributed by atoms with Crippen molar-refractivity contribution in [1.82, 2.24) is 9.80 Å². The average molecular weight is 383 g/mol. The summed E-state index contributed by atoms with van der Waals surface area (Å²) in [5.74, 6) is 0.213. The van der Waals surface area contributed by atoms with Crippen molar-refractivity contribution in [2.45, 2.75) is 39.0 Å². The lowest BCUT2D eigenvalue weighted by molar-refractivity contribution is -0.140. The summed E-state index contributed by atoms with van der Waals surface area (Å²) in [5.41, 5.74) is 1.63. The second-order valence-corrected chi connectivity index (χ2v) is 7.62. The molecule has 28 heavy (non-hydrogen) atoms. The van der Waals surface area contributed by atoms with E-state index in [4.69, 9.17) is 0 Å². The molecule has 0 aliphatic carbocycles. The predicted octanol–water partition coefficient (Wildman–Crippen LogP) is 2.91. The van der Waals surface area contributed by atoms with Gasteiger partial charge in [0.1, 0.15) is 0 Å². The van der Waals surface area contributed by atoms with Crippen molar-refractivity contribution in [1.29, 1.82) is 0 Å². The second-order valence-electron chi connectivity index (χ2n) is 7.62. The van der Waals surface area contributed by atoms with Crippen molar-refractivity contribution in [3.63, 3.8) is 0 Å². The van der Waals surface area contributed by atoms with Crippen LogP contribution in [0.2, 0.25) is 0 Å². The minimum Gasteiger partial charge on any atom is -0.342 e. The molecule has 1 aromatic carbocycles. The summed E-state index contributed by atoms with van der Waals surface area (Å²) >= 11 is 0. The van der Waals surface area contributed by atoms with Gasteiger partial charge in [0, 0.05) is 50.8 Å². The Morgan fingerprint density at radius 2 is 1.57 bits per heavy atom. The Labute approximate surface area is 166 Å². The number of nitrogens with one attached hydrogen (secondary N) is 1. The van der Waals surface area contributed by atoms with E-state index in [1.54, 1.807) is 12.2 Å². The van der Waals surface area contributed by atoms with E-state index in [-0.39, 0.29) is 23.6 Å². The van der Waals surface area contributed by atoms with Gasteiger partial charge in [-0.1, -0.05) is 12.1 Å². The number of carbonyl (C=O) groups is 3. The largest absolute Gasteiger partial charge is 0.342 e. The molecule has 6 nitrogen and oxygen atoms in total. The van der Waals surface area contributed by atoms with Crippen molar-refractivity contribution in [2.24, 2.45) is 5.92 Å². The number of rotatable bonds is 4. The number of hydrogen-bond donors (Lipinski definition) is 1. The fourth-order valence-corrected chi connectivity index (χ4v) is 3.87. The summed E-state index contributed by atoms with van der Waals surface area (Å²) in [5, 5.41) is 2.72. The molecule has 0 aromatic heterocycles. The minimum atomic E-state index is -0.111. The van der Waals surface area contributed by atoms with Crippen LogP contribution in [-0.2, 0) is 14.4 Å². The molecule has 2 heterocycles. The highest BCUT2D eigenvalue weighted by atomic mass is 16.2. The SMILES string of the molecule is CC(=O)Nc1ccc(/C=C/C(=O)N2CCC(C(=O)N3CCCCC3)CC2)cc1. The molecule has 6 heteroatoms. The first-order valence-corrected chi connectivity index (χ1v) is 10.2. The maximum Gasteiger partial charge on any atom is 0.246 e. The highest BCUT2D eigenvalue weighted by Crippen LogP contribution is 2.22. The lowest BCUT2D eigenvalue weighted by Crippen LogP contribution is -2.45. The Hall–Kier alpha value is -2.63. The van der Waals surface area contributed by atoms with Crippen LogP contribution >= 0.6 is 0 Å². The number of amides is 3. The number of hydrogen-bond acceptors (Lipinski definition) is 3. The molecule has 2 fully saturated rings. The van der Waals surface area contributed by atoms with Gasteiger partial charge >= 0.3 is 0 Å². The fourth-order valence-electron chi connectivity index (χ4n) is 3.87. The van der Waals surface area contributed by atoms with Gasteiger partial charge in [-0.05, 0) is 55.9 Å². The second kappa shape index (κ2) is 9.53. The topological polar surface area (TPSA) is 69.7 Å². The minimum absolute atomic E-state index is 0.0187. The highest BCUT2D eigenvalue weighted by Gasteiger charge is 2.30. The molecule has 1 N–H and O–H groups in total. The Morgan fingerprint density at radius 3 is 2.18 bits per heavy atom. The molecule has 3 amide bonds. The van der Waals surface area contributed by atoms with Gasteiger partial charge in [-0.25, -0.2) is 0 Å². The van der Waals surface area contributed by atoms with Crippen LogP contribution < -0.4 is 5.32 Å². The molecule has 0 saturated carbocycles. The monoisotopic (exact) mass is 383 g/mol. The number of nitrogens with zero attached hydrogens (tertiary/aromatic N) is 2. The molecule has 2 aliphatic rings. The average Bonchev–Trinajstić information content (AvgIpc) is 2.73. The van der Waals surface area contributed by atoms with E-state index in [0.29, 0.717) is 13.1 Å². The van der Waals surface area contributed by atoms with Crippen LogP contribution in [-0.4, -0.2) is 53.7 Å². The van der Waals surface area contributed by atoms with Gasteiger partial charge in [0.25, 0.3) is 0 Å². The Morgan fingerprint density at radius 1 is 0.929 bits per heavy atom. The van der Waals surface area contributed by atoms with Gasteiger partial charge < -0.3 is 15.1 Å². The number of likely N-dealkylation sites (tertiary alicyclic amines) is 2. The first-order valence-electron chi connectivity index (χ1n) is 10.2. The van der Waals surface area contributed by atoms with Gasteiger partial charge in [0.2, 0.25) is 17.7 Å². The molecule has 0 radical (unpaired) electrons. The Balaban J connectivity index is 1.47. The summed E-state index contributed by atoms with van der Waals surface area (Å²) in [6.45, 7) is 4.52. The highest BCUT2D eigenvalue weighted by molar-refractivity contribution is 5.92. The van der Waals surface area contributed by atoms with E-state index >= 15 is 0 Å². The van der Waals surface area contributed by atoms with Crippen LogP contribution in [0.15, 0.2) is 30.3 Å². The van der Waals surface area contributed by atoms with Gasteiger partial charge in [-0.15, -0.1) is 0 Å². The summed E-state index contributed by atoms with van der Waals surface area (Å²) in [6, 6.07) is 7.34. The lowest BCUT2D eigenvalue weighted by Gasteiger charge is -2.35. The molecule has 2 saturated heterocycles. The smallest absolute Gasteiger partial charge is 0.246 e. The van der Waals surface area contributed by atoms with E-state index in [0.717, 1.165) is 50.0 Å². The van der Waals surface area contributed by atoms with Crippen LogP contribution in [0, 0.1) is 5.92 Å². The van der Waals surface area contributed by atoms with E-state index in [2.05, 4.69) is 5.32 Å². The van der Waals surface area contributed by atoms with Crippen LogP contribution in [0.3, 0.4) is 0 Å². The Kier molecular flexibility index (Phi) is 6.85. The van der Waals surface area contributed by atoms with Crippen molar-refractivity contribution < 1.29 is 14.4 Å². The van der Waals surface area contributed by atoms with Crippen molar-refractivity contribution in [3.05, 3.63) is 35.9 Å². The summed E-state index contributed by atoms with van der Waals surface area (Å²) in [7, 11) is 0. The number of carbonyl (C=O) groups excluding carboxylic acids is 3. The third-order valence-corrected chi connectivity index (χ3v) is 5.47. The summed E-state index contributed by atoms with van der Waals surface area (Å²) in [6.07, 6.45) is 8.31. The van der Waals surface area contributed by atoms with E-state index in [1.807, 2.05) is 34.1 Å². The van der Waals surface area contributed by atoms with Crippen LogP contribution in [0.25, 0.3) is 6.08 Å². The molecule has 150 valence electrons. The number of piperidine rings is 2. The Bertz CT molecular complexity index is 728. The van der Waals surface area contributed by atoms with Gasteiger partial charge in [-0.3, -0.25) is 14.4 Å². The third-order valence-electron chi connectivity index (χ3n) is 5.47.